The van der Waals surface area contributed by atoms with Gasteiger partial charge < -0.3 is 13.8 Å². The summed E-state index contributed by atoms with van der Waals surface area (Å²) in [7, 11) is -2.21. The zero-order chi connectivity index (χ0) is 21.3. The van der Waals surface area contributed by atoms with Crippen molar-refractivity contribution in [1.82, 2.24) is 4.90 Å². The molecule has 1 unspecified atom stereocenters. The van der Waals surface area contributed by atoms with Gasteiger partial charge in [0, 0.05) is 18.5 Å². The Balaban J connectivity index is 3.11. The van der Waals surface area contributed by atoms with Crippen LogP contribution in [-0.4, -0.2) is 38.1 Å². The van der Waals surface area contributed by atoms with Crippen LogP contribution in [0.15, 0.2) is 18.2 Å². The fraction of sp³-hybridized carbons (Fsp3) is 0.667. The highest BCUT2D eigenvalue weighted by molar-refractivity contribution is 7.87. The zero-order valence-electron chi connectivity index (χ0n) is 18.0. The minimum Gasteiger partial charge on any atom is -0.493 e. The zero-order valence-corrected chi connectivity index (χ0v) is 18.8. The van der Waals surface area contributed by atoms with Crippen molar-refractivity contribution >= 4 is 16.0 Å². The normalized spacial score (nSPS) is 12.7. The number of methoxy groups -OCH3 is 1. The summed E-state index contributed by atoms with van der Waals surface area (Å²) in [5, 5.41) is 0. The lowest BCUT2D eigenvalue weighted by atomic mass is 9.97. The van der Waals surface area contributed by atoms with Gasteiger partial charge in [0.1, 0.15) is 0 Å². The van der Waals surface area contributed by atoms with Crippen LogP contribution >= 0.6 is 0 Å². The number of ether oxygens (including phenoxy) is 1. The molecule has 0 saturated carbocycles. The number of amides is 1. The molecule has 0 fully saturated rings. The second kappa shape index (κ2) is 11.3. The Morgan fingerprint density at radius 3 is 2.32 bits per heavy atom. The topological polar surface area (TPSA) is 72.9 Å². The monoisotopic (exact) mass is 413 g/mol. The third-order valence-corrected chi connectivity index (χ3v) is 5.95. The van der Waals surface area contributed by atoms with E-state index in [1.165, 1.54) is 14.0 Å². The summed E-state index contributed by atoms with van der Waals surface area (Å²) in [6, 6.07) is 5.18. The van der Waals surface area contributed by atoms with Crippen LogP contribution in [0.1, 0.15) is 65.9 Å². The van der Waals surface area contributed by atoms with Gasteiger partial charge in [0.2, 0.25) is 5.91 Å². The Morgan fingerprint density at radius 1 is 1.14 bits per heavy atom. The van der Waals surface area contributed by atoms with Crippen LogP contribution in [0.2, 0.25) is 0 Å². The number of carbonyl (C=O) groups is 1. The van der Waals surface area contributed by atoms with Crippen LogP contribution in [0.3, 0.4) is 0 Å². The predicted molar refractivity (Wildman–Crippen MR) is 112 cm³/mol. The molecule has 1 aromatic rings. The largest absolute Gasteiger partial charge is 0.493 e. The van der Waals surface area contributed by atoms with Crippen LogP contribution in [0, 0.1) is 5.92 Å². The highest BCUT2D eigenvalue weighted by Crippen LogP contribution is 2.30. The first-order chi connectivity index (χ1) is 13.2. The standard InChI is InChI=1S/C21H35NO5S/c1-7-10-11-18(8-2)21(23)22(16(4)5)15-17-12-13-19(26-6)20(14-17)27-28(24,25)9-3/h12-14,16,18H,7-11,15H2,1-6H3. The SMILES string of the molecule is CCCCC(CC)C(=O)N(Cc1ccc(OC)c(OS(=O)(=O)CC)c1)C(C)C. The molecule has 28 heavy (non-hydrogen) atoms. The molecule has 0 saturated heterocycles. The van der Waals surface area contributed by atoms with Crippen molar-refractivity contribution in [3.05, 3.63) is 23.8 Å². The summed E-state index contributed by atoms with van der Waals surface area (Å²) in [5.74, 6) is 0.517. The first-order valence-electron chi connectivity index (χ1n) is 10.1. The highest BCUT2D eigenvalue weighted by atomic mass is 32.2. The molecular weight excluding hydrogens is 378 g/mol. The number of rotatable bonds is 12. The molecule has 1 aromatic carbocycles. The van der Waals surface area contributed by atoms with Gasteiger partial charge in [0.25, 0.3) is 0 Å². The predicted octanol–water partition coefficient (Wildman–Crippen LogP) is 4.38. The minimum atomic E-state index is -3.67. The van der Waals surface area contributed by atoms with Crippen molar-refractivity contribution in [2.45, 2.75) is 72.9 Å². The molecule has 0 N–H and O–H groups in total. The number of hydrogen-bond donors (Lipinski definition) is 0. The van der Waals surface area contributed by atoms with Gasteiger partial charge in [-0.3, -0.25) is 4.79 Å². The lowest BCUT2D eigenvalue weighted by Crippen LogP contribution is -2.40. The molecule has 0 radical (unpaired) electrons. The molecule has 0 spiro atoms. The van der Waals surface area contributed by atoms with Crippen molar-refractivity contribution < 1.29 is 22.1 Å². The lowest BCUT2D eigenvalue weighted by molar-refractivity contribution is -0.138. The molecule has 0 aromatic heterocycles. The summed E-state index contributed by atoms with van der Waals surface area (Å²) < 4.78 is 34.1. The van der Waals surface area contributed by atoms with Gasteiger partial charge in [-0.1, -0.05) is 32.8 Å². The molecule has 7 heteroatoms. The average Bonchev–Trinajstić information content (AvgIpc) is 2.66. The Kier molecular flexibility index (Phi) is 9.79. The summed E-state index contributed by atoms with van der Waals surface area (Å²) in [6.45, 7) is 10.1. The quantitative estimate of drug-likeness (QED) is 0.476. The summed E-state index contributed by atoms with van der Waals surface area (Å²) in [6.07, 6.45) is 3.80. The van der Waals surface area contributed by atoms with E-state index in [1.807, 2.05) is 31.7 Å². The van der Waals surface area contributed by atoms with Crippen LogP contribution in [0.4, 0.5) is 0 Å². The maximum Gasteiger partial charge on any atom is 0.309 e. The Morgan fingerprint density at radius 2 is 1.82 bits per heavy atom. The maximum absolute atomic E-state index is 13.1. The summed E-state index contributed by atoms with van der Waals surface area (Å²) in [4.78, 5) is 14.9. The van der Waals surface area contributed by atoms with Gasteiger partial charge in [-0.15, -0.1) is 0 Å². The molecule has 0 aliphatic carbocycles. The molecule has 160 valence electrons. The number of carbonyl (C=O) groups excluding carboxylic acids is 1. The van der Waals surface area contributed by atoms with E-state index in [0.717, 1.165) is 31.2 Å². The third-order valence-electron chi connectivity index (χ3n) is 4.81. The molecule has 0 heterocycles. The van der Waals surface area contributed by atoms with Gasteiger partial charge in [-0.05, 0) is 51.3 Å². The Hall–Kier alpha value is -1.76. The van der Waals surface area contributed by atoms with Crippen molar-refractivity contribution in [2.75, 3.05) is 12.9 Å². The Labute approximate surface area is 170 Å². The number of nitrogens with zero attached hydrogens (tertiary/aromatic N) is 1. The van der Waals surface area contributed by atoms with Crippen LogP contribution < -0.4 is 8.92 Å². The minimum absolute atomic E-state index is 0.0109. The van der Waals surface area contributed by atoms with Crippen molar-refractivity contribution in [3.8, 4) is 11.5 Å². The van der Waals surface area contributed by atoms with Gasteiger partial charge in [-0.2, -0.15) is 8.42 Å². The van der Waals surface area contributed by atoms with Gasteiger partial charge in [-0.25, -0.2) is 0 Å². The molecular formula is C21H35NO5S. The molecule has 0 aliphatic heterocycles. The molecule has 0 aliphatic rings. The molecule has 1 amide bonds. The molecule has 1 atom stereocenters. The number of unbranched alkanes of at least 4 members (excludes halogenated alkanes) is 1. The van der Waals surface area contributed by atoms with Crippen molar-refractivity contribution in [3.63, 3.8) is 0 Å². The second-order valence-corrected chi connectivity index (χ2v) is 9.08. The third kappa shape index (κ3) is 7.00. The average molecular weight is 414 g/mol. The smallest absolute Gasteiger partial charge is 0.309 e. The number of benzene rings is 1. The van der Waals surface area contributed by atoms with Crippen molar-refractivity contribution in [1.29, 1.82) is 0 Å². The fourth-order valence-corrected chi connectivity index (χ4v) is 3.50. The van der Waals surface area contributed by atoms with E-state index in [9.17, 15) is 13.2 Å². The van der Waals surface area contributed by atoms with Gasteiger partial charge >= 0.3 is 10.1 Å². The Bertz CT molecular complexity index is 730. The fourth-order valence-electron chi connectivity index (χ4n) is 2.98. The summed E-state index contributed by atoms with van der Waals surface area (Å²) >= 11 is 0. The second-order valence-electron chi connectivity index (χ2n) is 7.22. The van der Waals surface area contributed by atoms with E-state index in [-0.39, 0.29) is 29.4 Å². The van der Waals surface area contributed by atoms with E-state index in [0.29, 0.717) is 12.3 Å². The summed E-state index contributed by atoms with van der Waals surface area (Å²) in [5.41, 5.74) is 0.800. The molecule has 1 rings (SSSR count). The first kappa shape index (κ1) is 24.3. The van der Waals surface area contributed by atoms with Crippen LogP contribution in [0.5, 0.6) is 11.5 Å². The maximum atomic E-state index is 13.1. The van der Waals surface area contributed by atoms with E-state index >= 15 is 0 Å². The first-order valence-corrected chi connectivity index (χ1v) is 11.7. The number of hydrogen-bond acceptors (Lipinski definition) is 5. The highest BCUT2D eigenvalue weighted by Gasteiger charge is 2.25. The van der Waals surface area contributed by atoms with Crippen molar-refractivity contribution in [2.24, 2.45) is 5.92 Å². The van der Waals surface area contributed by atoms with E-state index in [4.69, 9.17) is 8.92 Å². The molecule has 6 nitrogen and oxygen atoms in total. The van der Waals surface area contributed by atoms with Gasteiger partial charge in [0.15, 0.2) is 11.5 Å². The van der Waals surface area contributed by atoms with Crippen LogP contribution in [-0.2, 0) is 21.5 Å². The van der Waals surface area contributed by atoms with E-state index < -0.39 is 10.1 Å². The van der Waals surface area contributed by atoms with E-state index in [2.05, 4.69) is 6.92 Å². The van der Waals surface area contributed by atoms with Gasteiger partial charge in [0.05, 0.1) is 12.9 Å². The van der Waals surface area contributed by atoms with Crippen LogP contribution in [0.25, 0.3) is 0 Å². The van der Waals surface area contributed by atoms with E-state index in [1.54, 1.807) is 12.1 Å². The lowest BCUT2D eigenvalue weighted by Gasteiger charge is -2.31. The molecule has 0 bridgehead atoms.